The fourth-order valence-corrected chi connectivity index (χ4v) is 2.77. The summed E-state index contributed by atoms with van der Waals surface area (Å²) in [5, 5.41) is 4.85. The summed E-state index contributed by atoms with van der Waals surface area (Å²) in [5.41, 5.74) is 0.642. The van der Waals surface area contributed by atoms with E-state index >= 15 is 0 Å². The van der Waals surface area contributed by atoms with Gasteiger partial charge in [-0.1, -0.05) is 11.6 Å². The maximum absolute atomic E-state index is 12.2. The average molecular weight is 325 g/mol. The van der Waals surface area contributed by atoms with Crippen LogP contribution in [0.15, 0.2) is 17.5 Å². The normalized spacial score (nSPS) is 12.3. The SMILES string of the molecule is CC(=O)c1csc(NC(=O)c2cc(Cl)c3c(c2)OCO3)n1. The Morgan fingerprint density at radius 3 is 2.90 bits per heavy atom. The summed E-state index contributed by atoms with van der Waals surface area (Å²) in [4.78, 5) is 27.3. The number of aromatic nitrogens is 1. The predicted molar refractivity (Wildman–Crippen MR) is 77.6 cm³/mol. The largest absolute Gasteiger partial charge is 0.454 e. The molecule has 1 aliphatic rings. The van der Waals surface area contributed by atoms with Gasteiger partial charge in [-0.25, -0.2) is 4.98 Å². The van der Waals surface area contributed by atoms with E-state index in [0.29, 0.717) is 32.9 Å². The number of rotatable bonds is 3. The Kier molecular flexibility index (Phi) is 3.52. The topological polar surface area (TPSA) is 77.5 Å². The Hall–Kier alpha value is -2.12. The van der Waals surface area contributed by atoms with Crippen molar-refractivity contribution in [1.82, 2.24) is 4.98 Å². The van der Waals surface area contributed by atoms with Crippen LogP contribution in [0.25, 0.3) is 0 Å². The number of nitrogens with zero attached hydrogens (tertiary/aromatic N) is 1. The van der Waals surface area contributed by atoms with Crippen molar-refractivity contribution in [2.75, 3.05) is 12.1 Å². The monoisotopic (exact) mass is 324 g/mol. The van der Waals surface area contributed by atoms with Gasteiger partial charge in [0.25, 0.3) is 5.91 Å². The highest BCUT2D eigenvalue weighted by Gasteiger charge is 2.21. The molecule has 0 saturated carbocycles. The molecule has 0 aliphatic carbocycles. The van der Waals surface area contributed by atoms with Gasteiger partial charge in [-0.05, 0) is 12.1 Å². The molecule has 8 heteroatoms. The summed E-state index contributed by atoms with van der Waals surface area (Å²) in [6.45, 7) is 1.49. The first-order chi connectivity index (χ1) is 10.0. The second-order valence-corrected chi connectivity index (χ2v) is 5.51. The Balaban J connectivity index is 1.82. The number of benzene rings is 1. The molecule has 0 saturated heterocycles. The Labute approximate surface area is 128 Å². The highest BCUT2D eigenvalue weighted by Crippen LogP contribution is 2.39. The zero-order valence-corrected chi connectivity index (χ0v) is 12.4. The lowest BCUT2D eigenvalue weighted by molar-refractivity contribution is 0.100. The molecule has 0 radical (unpaired) electrons. The van der Waals surface area contributed by atoms with Crippen LogP contribution in [0.2, 0.25) is 5.02 Å². The van der Waals surface area contributed by atoms with Gasteiger partial charge in [0.1, 0.15) is 5.69 Å². The smallest absolute Gasteiger partial charge is 0.257 e. The molecule has 1 amide bonds. The highest BCUT2D eigenvalue weighted by atomic mass is 35.5. The third-order valence-corrected chi connectivity index (χ3v) is 3.81. The molecule has 1 aromatic heterocycles. The molecule has 21 heavy (non-hydrogen) atoms. The number of fused-ring (bicyclic) bond motifs is 1. The predicted octanol–water partition coefficient (Wildman–Crippen LogP) is 2.98. The second kappa shape index (κ2) is 5.34. The molecule has 1 N–H and O–H groups in total. The minimum atomic E-state index is -0.389. The van der Waals surface area contributed by atoms with Gasteiger partial charge < -0.3 is 9.47 Å². The van der Waals surface area contributed by atoms with Crippen LogP contribution < -0.4 is 14.8 Å². The minimum absolute atomic E-state index is 0.0780. The van der Waals surface area contributed by atoms with Gasteiger partial charge in [-0.2, -0.15) is 0 Å². The van der Waals surface area contributed by atoms with E-state index in [2.05, 4.69) is 10.3 Å². The maximum atomic E-state index is 12.2. The van der Waals surface area contributed by atoms with E-state index in [4.69, 9.17) is 21.1 Å². The van der Waals surface area contributed by atoms with Crippen molar-refractivity contribution in [3.63, 3.8) is 0 Å². The molecular weight excluding hydrogens is 316 g/mol. The summed E-state index contributed by atoms with van der Waals surface area (Å²) >= 11 is 7.20. The van der Waals surface area contributed by atoms with Crippen LogP contribution >= 0.6 is 22.9 Å². The first-order valence-corrected chi connectivity index (χ1v) is 7.17. The van der Waals surface area contributed by atoms with Crippen LogP contribution in [0.4, 0.5) is 5.13 Å². The Morgan fingerprint density at radius 1 is 1.38 bits per heavy atom. The summed E-state index contributed by atoms with van der Waals surface area (Å²) < 4.78 is 10.4. The molecule has 0 atom stereocenters. The number of amides is 1. The minimum Gasteiger partial charge on any atom is -0.454 e. The zero-order valence-electron chi connectivity index (χ0n) is 10.8. The van der Waals surface area contributed by atoms with Gasteiger partial charge in [-0.15, -0.1) is 11.3 Å². The van der Waals surface area contributed by atoms with Crippen LogP contribution in [-0.2, 0) is 0 Å². The number of ketones is 1. The number of carbonyl (C=O) groups is 2. The number of Topliss-reactive ketones (excluding diaryl/α,β-unsaturated/α-hetero) is 1. The van der Waals surface area contributed by atoms with E-state index in [9.17, 15) is 9.59 Å². The fourth-order valence-electron chi connectivity index (χ4n) is 1.76. The number of thiazole rings is 1. The summed E-state index contributed by atoms with van der Waals surface area (Å²) in [5.74, 6) is 0.315. The first-order valence-electron chi connectivity index (χ1n) is 5.91. The van der Waals surface area contributed by atoms with Gasteiger partial charge in [-0.3, -0.25) is 14.9 Å². The summed E-state index contributed by atoms with van der Waals surface area (Å²) in [6.07, 6.45) is 0. The third kappa shape index (κ3) is 2.70. The average Bonchev–Trinajstić information content (AvgIpc) is 3.07. The van der Waals surface area contributed by atoms with E-state index in [-0.39, 0.29) is 18.5 Å². The quantitative estimate of drug-likeness (QED) is 0.878. The molecular formula is C13H9ClN2O4S. The van der Waals surface area contributed by atoms with Crippen molar-refractivity contribution in [2.45, 2.75) is 6.92 Å². The lowest BCUT2D eigenvalue weighted by Gasteiger charge is -2.04. The molecule has 108 valence electrons. The molecule has 0 bridgehead atoms. The molecule has 2 aromatic rings. The molecule has 0 spiro atoms. The molecule has 1 aromatic carbocycles. The van der Waals surface area contributed by atoms with E-state index in [1.54, 1.807) is 11.4 Å². The molecule has 6 nitrogen and oxygen atoms in total. The van der Waals surface area contributed by atoms with Crippen LogP contribution in [0.5, 0.6) is 11.5 Å². The first kappa shape index (κ1) is 13.8. The van der Waals surface area contributed by atoms with Crippen molar-refractivity contribution in [3.05, 3.63) is 33.8 Å². The van der Waals surface area contributed by atoms with E-state index < -0.39 is 0 Å². The summed E-state index contributed by atoms with van der Waals surface area (Å²) in [6, 6.07) is 3.03. The summed E-state index contributed by atoms with van der Waals surface area (Å²) in [7, 11) is 0. The maximum Gasteiger partial charge on any atom is 0.257 e. The van der Waals surface area contributed by atoms with E-state index in [1.165, 1.54) is 24.3 Å². The van der Waals surface area contributed by atoms with Crippen LogP contribution in [0.1, 0.15) is 27.8 Å². The van der Waals surface area contributed by atoms with Gasteiger partial charge in [0, 0.05) is 17.9 Å². The lowest BCUT2D eigenvalue weighted by atomic mass is 10.2. The van der Waals surface area contributed by atoms with Crippen molar-refractivity contribution in [3.8, 4) is 11.5 Å². The molecule has 0 fully saturated rings. The van der Waals surface area contributed by atoms with Crippen LogP contribution in [-0.4, -0.2) is 23.5 Å². The Bertz CT molecular complexity index is 744. The number of halogens is 1. The number of hydrogen-bond acceptors (Lipinski definition) is 6. The highest BCUT2D eigenvalue weighted by molar-refractivity contribution is 7.14. The van der Waals surface area contributed by atoms with Gasteiger partial charge in [0.15, 0.2) is 22.4 Å². The van der Waals surface area contributed by atoms with Crippen molar-refractivity contribution in [1.29, 1.82) is 0 Å². The number of hydrogen-bond donors (Lipinski definition) is 1. The molecule has 1 aliphatic heterocycles. The Morgan fingerprint density at radius 2 is 2.19 bits per heavy atom. The second-order valence-electron chi connectivity index (χ2n) is 4.24. The molecule has 3 rings (SSSR count). The van der Waals surface area contributed by atoms with Gasteiger partial charge in [0.05, 0.1) is 5.02 Å². The van der Waals surface area contributed by atoms with Crippen LogP contribution in [0.3, 0.4) is 0 Å². The lowest BCUT2D eigenvalue weighted by Crippen LogP contribution is -2.12. The van der Waals surface area contributed by atoms with E-state index in [0.717, 1.165) is 0 Å². The van der Waals surface area contributed by atoms with Crippen molar-refractivity contribution >= 4 is 39.8 Å². The zero-order chi connectivity index (χ0) is 15.0. The van der Waals surface area contributed by atoms with Crippen molar-refractivity contribution in [2.24, 2.45) is 0 Å². The molecule has 2 heterocycles. The number of anilines is 1. The van der Waals surface area contributed by atoms with Gasteiger partial charge >= 0.3 is 0 Å². The van der Waals surface area contributed by atoms with Crippen LogP contribution in [0, 0.1) is 0 Å². The third-order valence-electron chi connectivity index (χ3n) is 2.77. The van der Waals surface area contributed by atoms with Crippen molar-refractivity contribution < 1.29 is 19.1 Å². The number of carbonyl (C=O) groups excluding carboxylic acids is 2. The van der Waals surface area contributed by atoms with Gasteiger partial charge in [0.2, 0.25) is 6.79 Å². The number of nitrogens with one attached hydrogen (secondary N) is 1. The standard InChI is InChI=1S/C13H9ClN2O4S/c1-6(17)9-4-21-13(15-9)16-12(18)7-2-8(14)11-10(3-7)19-5-20-11/h2-4H,5H2,1H3,(H,15,16,18). The number of ether oxygens (including phenoxy) is 2. The molecule has 0 unspecified atom stereocenters. The fraction of sp³-hybridized carbons (Fsp3) is 0.154. The van der Waals surface area contributed by atoms with E-state index in [1.807, 2.05) is 0 Å².